The van der Waals surface area contributed by atoms with Gasteiger partial charge in [-0.1, -0.05) is 13.8 Å². The molecule has 0 bridgehead atoms. The number of hydrogen-bond acceptors (Lipinski definition) is 2. The van der Waals surface area contributed by atoms with E-state index in [1.54, 1.807) is 0 Å². The molecule has 0 saturated carbocycles. The van der Waals surface area contributed by atoms with Crippen LogP contribution in [-0.4, -0.2) is 12.5 Å². The van der Waals surface area contributed by atoms with Gasteiger partial charge in [-0.05, 0) is 43.0 Å². The zero-order valence-corrected chi connectivity index (χ0v) is 11.1. The number of rotatable bonds is 5. The van der Waals surface area contributed by atoms with E-state index < -0.39 is 0 Å². The number of nitrogens with one attached hydrogen (secondary N) is 1. The van der Waals surface area contributed by atoms with Gasteiger partial charge in [0.2, 0.25) is 5.91 Å². The highest BCUT2D eigenvalue weighted by Crippen LogP contribution is 2.28. The molecule has 0 saturated heterocycles. The molecule has 1 aromatic carbocycles. The highest BCUT2D eigenvalue weighted by atomic mass is 16.5. The first kappa shape index (κ1) is 13.6. The van der Waals surface area contributed by atoms with Crippen LogP contribution >= 0.6 is 0 Å². The van der Waals surface area contributed by atoms with E-state index in [0.717, 1.165) is 35.4 Å². The minimum absolute atomic E-state index is 0.0362. The van der Waals surface area contributed by atoms with Gasteiger partial charge in [0.25, 0.3) is 0 Å². The van der Waals surface area contributed by atoms with Crippen molar-refractivity contribution in [1.82, 2.24) is 0 Å². The molecule has 1 amide bonds. The summed E-state index contributed by atoms with van der Waals surface area (Å²) in [5.41, 5.74) is 3.15. The number of amides is 1. The Morgan fingerprint density at radius 1 is 1.18 bits per heavy atom. The maximum absolute atomic E-state index is 11.1. The molecule has 3 heteroatoms. The van der Waals surface area contributed by atoms with Crippen LogP contribution in [0.25, 0.3) is 0 Å². The molecule has 0 unspecified atom stereocenters. The lowest BCUT2D eigenvalue weighted by atomic mass is 10.0. The fraction of sp³-hybridized carbons (Fsp3) is 0.500. The van der Waals surface area contributed by atoms with Crippen LogP contribution in [0.2, 0.25) is 0 Å². The molecule has 1 rings (SSSR count). The lowest BCUT2D eigenvalue weighted by molar-refractivity contribution is -0.114. The summed E-state index contributed by atoms with van der Waals surface area (Å²) in [4.78, 5) is 11.1. The van der Waals surface area contributed by atoms with E-state index >= 15 is 0 Å². The SMILES string of the molecule is CCOc1cc(CC)c(NC(C)=O)cc1CC. The lowest BCUT2D eigenvalue weighted by Gasteiger charge is -2.15. The second kappa shape index (κ2) is 6.28. The molecule has 0 aliphatic carbocycles. The standard InChI is InChI=1S/C14H21NO2/c1-5-11-9-14(17-7-3)12(6-2)8-13(11)15-10(4)16/h8-9H,5-7H2,1-4H3,(H,15,16). The molecule has 0 atom stereocenters. The highest BCUT2D eigenvalue weighted by Gasteiger charge is 2.09. The molecule has 1 aromatic rings. The number of anilines is 1. The van der Waals surface area contributed by atoms with Crippen LogP contribution in [0.1, 0.15) is 38.8 Å². The zero-order chi connectivity index (χ0) is 12.8. The van der Waals surface area contributed by atoms with Crippen molar-refractivity contribution in [2.45, 2.75) is 40.5 Å². The third-order valence-electron chi connectivity index (χ3n) is 2.66. The molecule has 94 valence electrons. The van der Waals surface area contributed by atoms with Crippen LogP contribution in [0.3, 0.4) is 0 Å². The van der Waals surface area contributed by atoms with Gasteiger partial charge in [-0.25, -0.2) is 0 Å². The normalized spacial score (nSPS) is 10.1. The van der Waals surface area contributed by atoms with Crippen molar-refractivity contribution in [1.29, 1.82) is 0 Å². The van der Waals surface area contributed by atoms with E-state index in [1.807, 2.05) is 19.1 Å². The molecule has 0 aliphatic heterocycles. The van der Waals surface area contributed by atoms with Gasteiger partial charge in [0, 0.05) is 12.6 Å². The lowest BCUT2D eigenvalue weighted by Crippen LogP contribution is -2.09. The van der Waals surface area contributed by atoms with Crippen molar-refractivity contribution in [2.24, 2.45) is 0 Å². The van der Waals surface area contributed by atoms with E-state index in [4.69, 9.17) is 4.74 Å². The average Bonchev–Trinajstić information content (AvgIpc) is 2.30. The van der Waals surface area contributed by atoms with Gasteiger partial charge < -0.3 is 10.1 Å². The summed E-state index contributed by atoms with van der Waals surface area (Å²) < 4.78 is 5.62. The maximum atomic E-state index is 11.1. The van der Waals surface area contributed by atoms with Crippen molar-refractivity contribution in [3.05, 3.63) is 23.3 Å². The summed E-state index contributed by atoms with van der Waals surface area (Å²) >= 11 is 0. The van der Waals surface area contributed by atoms with E-state index in [0.29, 0.717) is 6.61 Å². The second-order valence-electron chi connectivity index (χ2n) is 3.94. The quantitative estimate of drug-likeness (QED) is 0.851. The Kier molecular flexibility index (Phi) is 5.01. The van der Waals surface area contributed by atoms with Crippen LogP contribution in [-0.2, 0) is 17.6 Å². The molecule has 0 radical (unpaired) electrons. The van der Waals surface area contributed by atoms with E-state index in [9.17, 15) is 4.79 Å². The van der Waals surface area contributed by atoms with Crippen LogP contribution in [0.15, 0.2) is 12.1 Å². The van der Waals surface area contributed by atoms with Crippen LogP contribution < -0.4 is 10.1 Å². The first-order chi connectivity index (χ1) is 8.12. The molecular formula is C14H21NO2. The summed E-state index contributed by atoms with van der Waals surface area (Å²) in [5.74, 6) is 0.895. The van der Waals surface area contributed by atoms with Crippen molar-refractivity contribution in [3.8, 4) is 5.75 Å². The molecule has 0 spiro atoms. The van der Waals surface area contributed by atoms with Gasteiger partial charge in [0.05, 0.1) is 6.61 Å². The third-order valence-corrected chi connectivity index (χ3v) is 2.66. The minimum Gasteiger partial charge on any atom is -0.494 e. The van der Waals surface area contributed by atoms with E-state index in [-0.39, 0.29) is 5.91 Å². The van der Waals surface area contributed by atoms with Crippen LogP contribution in [0.4, 0.5) is 5.69 Å². The smallest absolute Gasteiger partial charge is 0.221 e. The Morgan fingerprint density at radius 3 is 2.29 bits per heavy atom. The summed E-state index contributed by atoms with van der Waals surface area (Å²) in [6.45, 7) is 8.33. The monoisotopic (exact) mass is 235 g/mol. The first-order valence-corrected chi connectivity index (χ1v) is 6.18. The Hall–Kier alpha value is -1.51. The maximum Gasteiger partial charge on any atom is 0.221 e. The van der Waals surface area contributed by atoms with Gasteiger partial charge in [0.1, 0.15) is 5.75 Å². The predicted molar refractivity (Wildman–Crippen MR) is 70.7 cm³/mol. The van der Waals surface area contributed by atoms with Crippen LogP contribution in [0, 0.1) is 0 Å². The topological polar surface area (TPSA) is 38.3 Å². The molecule has 3 nitrogen and oxygen atoms in total. The third kappa shape index (κ3) is 3.48. The zero-order valence-electron chi connectivity index (χ0n) is 11.1. The molecule has 0 fully saturated rings. The summed E-state index contributed by atoms with van der Waals surface area (Å²) in [5, 5.41) is 2.87. The summed E-state index contributed by atoms with van der Waals surface area (Å²) in [6, 6.07) is 4.05. The van der Waals surface area contributed by atoms with Crippen molar-refractivity contribution in [3.63, 3.8) is 0 Å². The Morgan fingerprint density at radius 2 is 1.82 bits per heavy atom. The summed E-state index contributed by atoms with van der Waals surface area (Å²) in [6.07, 6.45) is 1.77. The second-order valence-corrected chi connectivity index (χ2v) is 3.94. The van der Waals surface area contributed by atoms with Crippen molar-refractivity contribution >= 4 is 11.6 Å². The van der Waals surface area contributed by atoms with E-state index in [1.165, 1.54) is 6.92 Å². The molecule has 17 heavy (non-hydrogen) atoms. The Bertz CT molecular complexity index is 399. The first-order valence-electron chi connectivity index (χ1n) is 6.18. The van der Waals surface area contributed by atoms with Crippen molar-refractivity contribution < 1.29 is 9.53 Å². The van der Waals surface area contributed by atoms with Gasteiger partial charge in [-0.2, -0.15) is 0 Å². The fourth-order valence-corrected chi connectivity index (χ4v) is 1.83. The van der Waals surface area contributed by atoms with Gasteiger partial charge in [-0.3, -0.25) is 4.79 Å². The number of ether oxygens (including phenoxy) is 1. The highest BCUT2D eigenvalue weighted by molar-refractivity contribution is 5.89. The Labute approximate surface area is 103 Å². The largest absolute Gasteiger partial charge is 0.494 e. The summed E-state index contributed by atoms with van der Waals surface area (Å²) in [7, 11) is 0. The number of hydrogen-bond donors (Lipinski definition) is 1. The molecule has 0 heterocycles. The predicted octanol–water partition coefficient (Wildman–Crippen LogP) is 3.17. The fourth-order valence-electron chi connectivity index (χ4n) is 1.83. The number of aryl methyl sites for hydroxylation is 2. The number of benzene rings is 1. The van der Waals surface area contributed by atoms with Crippen molar-refractivity contribution in [2.75, 3.05) is 11.9 Å². The average molecular weight is 235 g/mol. The molecule has 1 N–H and O–H groups in total. The number of carbonyl (C=O) groups is 1. The number of carbonyl (C=O) groups excluding carboxylic acids is 1. The minimum atomic E-state index is -0.0362. The molecule has 0 aliphatic rings. The van der Waals surface area contributed by atoms with Crippen LogP contribution in [0.5, 0.6) is 5.75 Å². The molecule has 0 aromatic heterocycles. The Balaban J connectivity index is 3.17. The van der Waals surface area contributed by atoms with Gasteiger partial charge in [0.15, 0.2) is 0 Å². The molecular weight excluding hydrogens is 214 g/mol. The van der Waals surface area contributed by atoms with E-state index in [2.05, 4.69) is 19.2 Å². The van der Waals surface area contributed by atoms with Gasteiger partial charge >= 0.3 is 0 Å². The van der Waals surface area contributed by atoms with Gasteiger partial charge in [-0.15, -0.1) is 0 Å².